The molecule has 0 fully saturated rings. The fourth-order valence-electron chi connectivity index (χ4n) is 1.68. The van der Waals surface area contributed by atoms with Crippen LogP contribution in [0.4, 0.5) is 5.69 Å². The molecule has 0 saturated carbocycles. The Labute approximate surface area is 111 Å². The van der Waals surface area contributed by atoms with Crippen LogP contribution in [0.25, 0.3) is 0 Å². The molecule has 0 aliphatic heterocycles. The van der Waals surface area contributed by atoms with Crippen molar-refractivity contribution in [3.05, 3.63) is 53.1 Å². The van der Waals surface area contributed by atoms with Gasteiger partial charge in [-0.2, -0.15) is 0 Å². The van der Waals surface area contributed by atoms with Gasteiger partial charge in [0.25, 0.3) is 0 Å². The Morgan fingerprint density at radius 1 is 1.22 bits per heavy atom. The van der Waals surface area contributed by atoms with Crippen molar-refractivity contribution in [1.29, 1.82) is 0 Å². The quantitative estimate of drug-likeness (QED) is 0.884. The minimum atomic E-state index is 0.224. The molecule has 2 aromatic carbocycles. The fourth-order valence-corrected chi connectivity index (χ4v) is 1.87. The zero-order valence-corrected chi connectivity index (χ0v) is 10.7. The average Bonchev–Trinajstić information content (AvgIpc) is 2.40. The summed E-state index contributed by atoms with van der Waals surface area (Å²) in [6.07, 6.45) is 0. The molecular formula is C14H14ClNO2. The van der Waals surface area contributed by atoms with Gasteiger partial charge in [-0.15, -0.1) is 0 Å². The number of aromatic hydroxyl groups is 1. The van der Waals surface area contributed by atoms with Gasteiger partial charge in [0.05, 0.1) is 12.8 Å². The van der Waals surface area contributed by atoms with Gasteiger partial charge in [-0.1, -0.05) is 23.7 Å². The fraction of sp³-hybridized carbons (Fsp3) is 0.143. The Bertz CT molecular complexity index is 543. The van der Waals surface area contributed by atoms with Crippen molar-refractivity contribution in [3.63, 3.8) is 0 Å². The summed E-state index contributed by atoms with van der Waals surface area (Å²) in [5.74, 6) is 0.987. The molecular weight excluding hydrogens is 250 g/mol. The van der Waals surface area contributed by atoms with Crippen LogP contribution >= 0.6 is 11.6 Å². The minimum absolute atomic E-state index is 0.224. The molecule has 94 valence electrons. The number of rotatable bonds is 4. The van der Waals surface area contributed by atoms with E-state index in [0.29, 0.717) is 11.6 Å². The molecule has 2 aromatic rings. The molecule has 18 heavy (non-hydrogen) atoms. The lowest BCUT2D eigenvalue weighted by atomic mass is 10.2. The Kier molecular flexibility index (Phi) is 3.95. The highest BCUT2D eigenvalue weighted by Gasteiger charge is 2.04. The number of phenols is 1. The maximum Gasteiger partial charge on any atom is 0.141 e. The summed E-state index contributed by atoms with van der Waals surface area (Å²) in [7, 11) is 1.62. The third-order valence-corrected chi connectivity index (χ3v) is 2.85. The highest BCUT2D eigenvalue weighted by Crippen LogP contribution is 2.26. The van der Waals surface area contributed by atoms with Crippen LogP contribution in [0.15, 0.2) is 42.5 Å². The predicted octanol–water partition coefficient (Wildman–Crippen LogP) is 3.67. The van der Waals surface area contributed by atoms with Crippen LogP contribution in [-0.4, -0.2) is 12.2 Å². The van der Waals surface area contributed by atoms with Gasteiger partial charge in [-0.25, -0.2) is 0 Å². The second-order valence-corrected chi connectivity index (χ2v) is 4.26. The zero-order valence-electron chi connectivity index (χ0n) is 9.98. The van der Waals surface area contributed by atoms with Crippen molar-refractivity contribution in [2.24, 2.45) is 0 Å². The van der Waals surface area contributed by atoms with Crippen LogP contribution in [0.2, 0.25) is 5.02 Å². The van der Waals surface area contributed by atoms with E-state index in [-0.39, 0.29) is 5.75 Å². The molecule has 0 heterocycles. The third-order valence-electron chi connectivity index (χ3n) is 2.62. The number of phenolic OH excluding ortho intramolecular Hbond substituents is 1. The smallest absolute Gasteiger partial charge is 0.141 e. The van der Waals surface area contributed by atoms with E-state index in [4.69, 9.17) is 16.3 Å². The van der Waals surface area contributed by atoms with Crippen molar-refractivity contribution in [2.75, 3.05) is 12.4 Å². The first-order valence-corrected chi connectivity index (χ1v) is 5.93. The molecule has 0 radical (unpaired) electrons. The molecule has 3 nitrogen and oxygen atoms in total. The van der Waals surface area contributed by atoms with E-state index in [2.05, 4.69) is 5.32 Å². The molecule has 2 N–H and O–H groups in total. The monoisotopic (exact) mass is 263 g/mol. The van der Waals surface area contributed by atoms with Crippen LogP contribution in [0.3, 0.4) is 0 Å². The SMILES string of the molecule is COc1ccccc1NCc1cc(Cl)ccc1O. The van der Waals surface area contributed by atoms with Gasteiger partial charge in [0.1, 0.15) is 11.5 Å². The maximum atomic E-state index is 9.71. The largest absolute Gasteiger partial charge is 0.508 e. The van der Waals surface area contributed by atoms with Crippen LogP contribution in [0.1, 0.15) is 5.56 Å². The minimum Gasteiger partial charge on any atom is -0.508 e. The van der Waals surface area contributed by atoms with Gasteiger partial charge in [0.2, 0.25) is 0 Å². The summed E-state index contributed by atoms with van der Waals surface area (Å²) in [6, 6.07) is 12.6. The second kappa shape index (κ2) is 5.65. The van der Waals surface area contributed by atoms with Crippen LogP contribution in [0.5, 0.6) is 11.5 Å². The molecule has 0 bridgehead atoms. The Balaban J connectivity index is 2.14. The predicted molar refractivity (Wildman–Crippen MR) is 73.4 cm³/mol. The number of benzene rings is 2. The molecule has 0 unspecified atom stereocenters. The zero-order chi connectivity index (χ0) is 13.0. The summed E-state index contributed by atoms with van der Waals surface area (Å²) in [6.45, 7) is 0.479. The lowest BCUT2D eigenvalue weighted by Crippen LogP contribution is -2.01. The van der Waals surface area contributed by atoms with Crippen molar-refractivity contribution < 1.29 is 9.84 Å². The molecule has 0 spiro atoms. The number of methoxy groups -OCH3 is 1. The summed E-state index contributed by atoms with van der Waals surface area (Å²) in [4.78, 5) is 0. The van der Waals surface area contributed by atoms with Gasteiger partial charge in [0, 0.05) is 17.1 Å². The summed E-state index contributed by atoms with van der Waals surface area (Å²) < 4.78 is 5.24. The Morgan fingerprint density at radius 2 is 2.00 bits per heavy atom. The van der Waals surface area contributed by atoms with Crippen LogP contribution < -0.4 is 10.1 Å². The van der Waals surface area contributed by atoms with Crippen LogP contribution in [0, 0.1) is 0 Å². The number of para-hydroxylation sites is 2. The Morgan fingerprint density at radius 3 is 2.78 bits per heavy atom. The number of anilines is 1. The van der Waals surface area contributed by atoms with E-state index >= 15 is 0 Å². The van der Waals surface area contributed by atoms with Crippen LogP contribution in [-0.2, 0) is 6.54 Å². The maximum absolute atomic E-state index is 9.71. The van der Waals surface area contributed by atoms with E-state index in [1.54, 1.807) is 25.3 Å². The van der Waals surface area contributed by atoms with Crippen molar-refractivity contribution >= 4 is 17.3 Å². The number of hydrogen-bond acceptors (Lipinski definition) is 3. The topological polar surface area (TPSA) is 41.5 Å². The van der Waals surface area contributed by atoms with Crippen molar-refractivity contribution in [3.8, 4) is 11.5 Å². The lowest BCUT2D eigenvalue weighted by Gasteiger charge is -2.11. The van der Waals surface area contributed by atoms with Gasteiger partial charge in [-0.3, -0.25) is 0 Å². The van der Waals surface area contributed by atoms with E-state index in [0.717, 1.165) is 17.0 Å². The third kappa shape index (κ3) is 2.87. The van der Waals surface area contributed by atoms with E-state index in [1.807, 2.05) is 24.3 Å². The van der Waals surface area contributed by atoms with Gasteiger partial charge >= 0.3 is 0 Å². The second-order valence-electron chi connectivity index (χ2n) is 3.83. The molecule has 2 rings (SSSR count). The molecule has 0 atom stereocenters. The summed E-state index contributed by atoms with van der Waals surface area (Å²) >= 11 is 5.89. The molecule has 0 aromatic heterocycles. The van der Waals surface area contributed by atoms with E-state index < -0.39 is 0 Å². The first-order chi connectivity index (χ1) is 8.70. The van der Waals surface area contributed by atoms with E-state index in [9.17, 15) is 5.11 Å². The lowest BCUT2D eigenvalue weighted by molar-refractivity contribution is 0.416. The number of hydrogen-bond donors (Lipinski definition) is 2. The van der Waals surface area contributed by atoms with Crippen molar-refractivity contribution in [2.45, 2.75) is 6.54 Å². The van der Waals surface area contributed by atoms with Gasteiger partial charge in [0.15, 0.2) is 0 Å². The summed E-state index contributed by atoms with van der Waals surface area (Å²) in [5, 5.41) is 13.5. The highest BCUT2D eigenvalue weighted by atomic mass is 35.5. The van der Waals surface area contributed by atoms with Gasteiger partial charge in [-0.05, 0) is 30.3 Å². The molecule has 0 saturated heterocycles. The van der Waals surface area contributed by atoms with Gasteiger partial charge < -0.3 is 15.2 Å². The first-order valence-electron chi connectivity index (χ1n) is 5.55. The number of halogens is 1. The number of nitrogens with one attached hydrogen (secondary N) is 1. The average molecular weight is 264 g/mol. The summed E-state index contributed by atoms with van der Waals surface area (Å²) in [5.41, 5.74) is 1.62. The standard InChI is InChI=1S/C14H14ClNO2/c1-18-14-5-3-2-4-12(14)16-9-10-8-11(15)6-7-13(10)17/h2-8,16-17H,9H2,1H3. The molecule has 0 aliphatic rings. The highest BCUT2D eigenvalue weighted by molar-refractivity contribution is 6.30. The molecule has 0 aliphatic carbocycles. The first kappa shape index (κ1) is 12.6. The molecule has 4 heteroatoms. The molecule has 0 amide bonds. The van der Waals surface area contributed by atoms with Crippen molar-refractivity contribution in [1.82, 2.24) is 0 Å². The normalized spacial score (nSPS) is 10.1. The Hall–Kier alpha value is -1.87. The number of ether oxygens (including phenoxy) is 1. The van der Waals surface area contributed by atoms with E-state index in [1.165, 1.54) is 0 Å².